The van der Waals surface area contributed by atoms with Gasteiger partial charge in [-0.25, -0.2) is 14.8 Å². The van der Waals surface area contributed by atoms with Gasteiger partial charge < -0.3 is 24.7 Å². The van der Waals surface area contributed by atoms with Crippen LogP contribution in [0, 0.1) is 25.7 Å². The summed E-state index contributed by atoms with van der Waals surface area (Å²) >= 11 is 13.0. The Morgan fingerprint density at radius 2 is 1.14 bits per heavy atom. The summed E-state index contributed by atoms with van der Waals surface area (Å²) in [6, 6.07) is 21.7. The third kappa shape index (κ3) is 10.6. The SMILES string of the molecule is Cc1nccn1CCC1=Cc2cc(Cl)ccc2C(C2CCN(C(=O)NC3CCCCC3)CC2)c2ncccc21.Cc1nccn1CCC1=Cc2cc(Cl)ccc2C(C2CCNCC2)c2ncccc21. The third-order valence-electron chi connectivity index (χ3n) is 15.6. The van der Waals surface area contributed by atoms with Gasteiger partial charge in [0.25, 0.3) is 0 Å². The lowest BCUT2D eigenvalue weighted by molar-refractivity contribution is 0.160. The van der Waals surface area contributed by atoms with E-state index >= 15 is 0 Å². The van der Waals surface area contributed by atoms with Crippen molar-refractivity contribution in [2.24, 2.45) is 11.8 Å². The number of fused-ring (bicyclic) bond motifs is 4. The van der Waals surface area contributed by atoms with Crippen molar-refractivity contribution < 1.29 is 4.79 Å². The summed E-state index contributed by atoms with van der Waals surface area (Å²) in [7, 11) is 0. The summed E-state index contributed by atoms with van der Waals surface area (Å²) in [6.45, 7) is 9.58. The number of hydrogen-bond acceptors (Lipinski definition) is 6. The van der Waals surface area contributed by atoms with Crippen LogP contribution in [-0.2, 0) is 13.1 Å². The number of pyridine rings is 2. The highest BCUT2D eigenvalue weighted by atomic mass is 35.5. The fraction of sp³-hybridized carbons (Fsp3) is 0.421. The van der Waals surface area contributed by atoms with Crippen molar-refractivity contribution in [3.8, 4) is 0 Å². The van der Waals surface area contributed by atoms with Gasteiger partial charge in [0.2, 0.25) is 0 Å². The number of benzene rings is 2. The molecule has 1 saturated carbocycles. The average Bonchev–Trinajstić information content (AvgIpc) is 3.92. The molecular weight excluding hydrogens is 898 g/mol. The molecule has 2 unspecified atom stereocenters. The summed E-state index contributed by atoms with van der Waals surface area (Å²) in [5.41, 5.74) is 12.6. The van der Waals surface area contributed by atoms with Crippen LogP contribution < -0.4 is 10.6 Å². The largest absolute Gasteiger partial charge is 0.335 e. The van der Waals surface area contributed by atoms with Gasteiger partial charge in [-0.2, -0.15) is 0 Å². The number of urea groups is 1. The summed E-state index contributed by atoms with van der Waals surface area (Å²) in [6.07, 6.45) is 28.4. The molecule has 2 N–H and O–H groups in total. The number of piperidine rings is 2. The van der Waals surface area contributed by atoms with E-state index in [0.717, 1.165) is 105 Å². The maximum Gasteiger partial charge on any atom is 0.317 e. The number of nitrogens with zero attached hydrogens (tertiary/aromatic N) is 7. The number of aryl methyl sites for hydroxylation is 4. The minimum atomic E-state index is 0.116. The predicted octanol–water partition coefficient (Wildman–Crippen LogP) is 12.4. The van der Waals surface area contributed by atoms with Crippen molar-refractivity contribution >= 4 is 52.5 Å². The number of rotatable bonds is 9. The summed E-state index contributed by atoms with van der Waals surface area (Å²) in [4.78, 5) is 33.8. The molecular formula is C57H65Cl2N9O. The molecule has 0 radical (unpaired) electrons. The Morgan fingerprint density at radius 1 is 0.638 bits per heavy atom. The summed E-state index contributed by atoms with van der Waals surface area (Å²) < 4.78 is 4.41. The molecule has 11 rings (SSSR count). The van der Waals surface area contributed by atoms with E-state index in [9.17, 15) is 4.79 Å². The van der Waals surface area contributed by atoms with Crippen molar-refractivity contribution in [1.29, 1.82) is 0 Å². The van der Waals surface area contributed by atoms with Gasteiger partial charge in [0.1, 0.15) is 11.6 Å². The molecule has 2 saturated heterocycles. The van der Waals surface area contributed by atoms with Crippen LogP contribution in [0.15, 0.2) is 97.8 Å². The maximum absolute atomic E-state index is 13.0. The van der Waals surface area contributed by atoms with Gasteiger partial charge in [0.15, 0.2) is 0 Å². The lowest BCUT2D eigenvalue weighted by Gasteiger charge is -2.37. The van der Waals surface area contributed by atoms with E-state index < -0.39 is 0 Å². The van der Waals surface area contributed by atoms with Crippen LogP contribution in [0.4, 0.5) is 4.79 Å². The van der Waals surface area contributed by atoms with Gasteiger partial charge in [-0.1, -0.05) is 78.9 Å². The monoisotopic (exact) mass is 961 g/mol. The first-order valence-electron chi connectivity index (χ1n) is 25.4. The second-order valence-corrected chi connectivity index (χ2v) is 20.6. The van der Waals surface area contributed by atoms with Crippen molar-refractivity contribution in [2.45, 2.75) is 115 Å². The molecule has 69 heavy (non-hydrogen) atoms. The first kappa shape index (κ1) is 47.1. The zero-order valence-electron chi connectivity index (χ0n) is 40.1. The van der Waals surface area contributed by atoms with Gasteiger partial charge in [-0.3, -0.25) is 9.97 Å². The van der Waals surface area contributed by atoms with E-state index in [1.54, 1.807) is 0 Å². The Kier molecular flexibility index (Phi) is 14.8. The highest BCUT2D eigenvalue weighted by Crippen LogP contribution is 2.47. The number of nitrogens with one attached hydrogen (secondary N) is 2. The molecule has 12 heteroatoms. The Hall–Kier alpha value is -5.55. The zero-order chi connectivity index (χ0) is 47.3. The second-order valence-electron chi connectivity index (χ2n) is 19.7. The zero-order valence-corrected chi connectivity index (χ0v) is 41.6. The molecule has 6 heterocycles. The fourth-order valence-electron chi connectivity index (χ4n) is 11.9. The Labute approximate surface area is 417 Å². The molecule has 4 aromatic heterocycles. The fourth-order valence-corrected chi connectivity index (χ4v) is 12.2. The normalized spacial score (nSPS) is 19.6. The van der Waals surface area contributed by atoms with Crippen molar-refractivity contribution in [3.05, 3.63) is 164 Å². The van der Waals surface area contributed by atoms with Crippen LogP contribution in [0.5, 0.6) is 0 Å². The number of likely N-dealkylation sites (tertiary alicyclic amines) is 1. The number of amides is 2. The van der Waals surface area contributed by atoms with Gasteiger partial charge >= 0.3 is 6.03 Å². The quantitative estimate of drug-likeness (QED) is 0.150. The van der Waals surface area contributed by atoms with Crippen LogP contribution in [0.2, 0.25) is 10.0 Å². The molecule has 2 amide bonds. The molecule has 0 spiro atoms. The first-order chi connectivity index (χ1) is 33.8. The minimum Gasteiger partial charge on any atom is -0.335 e. The highest BCUT2D eigenvalue weighted by Gasteiger charge is 2.36. The summed E-state index contributed by atoms with van der Waals surface area (Å²) in [5, 5.41) is 8.37. The van der Waals surface area contributed by atoms with Gasteiger partial charge in [0, 0.05) is 91.3 Å². The standard InChI is InChI=1S/C32H38ClN5O.C25H27ClN4/c1-22-34-15-19-37(22)16-13-24-20-25-21-26(33)9-10-28(25)30(31-29(24)8-5-14-35-31)23-11-17-38(18-12-23)32(39)36-27-6-3-2-4-7-27;1-17-28-12-14-30(17)13-8-19-15-20-16-21(26)4-5-22(20)24(18-6-10-27-11-7-18)25-23(19)3-2-9-29-25/h5,8-10,14-15,19-21,23,27,30H,2-4,6-7,11-13,16-18H2,1H3,(H,36,39);2-5,9,12,14-16,18,24,27H,6-8,10-11,13H2,1H3. The number of carbonyl (C=O) groups excluding carboxylic acids is 1. The lowest BCUT2D eigenvalue weighted by atomic mass is 9.76. The molecule has 5 aliphatic rings. The number of allylic oxidation sites excluding steroid dienone is 2. The number of carbonyl (C=O) groups is 1. The highest BCUT2D eigenvalue weighted by molar-refractivity contribution is 6.31. The van der Waals surface area contributed by atoms with Crippen molar-refractivity contribution in [3.63, 3.8) is 0 Å². The van der Waals surface area contributed by atoms with E-state index in [-0.39, 0.29) is 11.9 Å². The van der Waals surface area contributed by atoms with Crippen molar-refractivity contribution in [2.75, 3.05) is 26.2 Å². The van der Waals surface area contributed by atoms with Crippen molar-refractivity contribution in [1.82, 2.24) is 44.6 Å². The molecule has 2 aliphatic heterocycles. The minimum absolute atomic E-state index is 0.116. The molecule has 358 valence electrons. The number of hydrogen-bond donors (Lipinski definition) is 2. The number of halogens is 2. The third-order valence-corrected chi connectivity index (χ3v) is 16.0. The second kappa shape index (κ2) is 21.6. The topological polar surface area (TPSA) is 106 Å². The molecule has 3 fully saturated rings. The van der Waals surface area contributed by atoms with Crippen LogP contribution in [0.25, 0.3) is 23.3 Å². The van der Waals surface area contributed by atoms with Gasteiger partial charge in [0.05, 0.1) is 11.4 Å². The van der Waals surface area contributed by atoms with Crippen LogP contribution in [0.1, 0.15) is 139 Å². The van der Waals surface area contributed by atoms with Gasteiger partial charge in [-0.05, 0) is 171 Å². The molecule has 6 aromatic rings. The van der Waals surface area contributed by atoms with Crippen LogP contribution >= 0.6 is 23.2 Å². The maximum atomic E-state index is 13.0. The van der Waals surface area contributed by atoms with E-state index in [1.165, 1.54) is 82.3 Å². The Balaban J connectivity index is 0.000000166. The first-order valence-corrected chi connectivity index (χ1v) is 26.1. The number of aromatic nitrogens is 6. The summed E-state index contributed by atoms with van der Waals surface area (Å²) in [5.74, 6) is 3.53. The average molecular weight is 963 g/mol. The van der Waals surface area contributed by atoms with Crippen LogP contribution in [-0.4, -0.2) is 72.2 Å². The van der Waals surface area contributed by atoms with E-state index in [2.05, 4.69) is 97.5 Å². The number of imidazole rings is 2. The smallest absolute Gasteiger partial charge is 0.317 e. The Morgan fingerprint density at radius 3 is 1.64 bits per heavy atom. The predicted molar refractivity (Wildman–Crippen MR) is 279 cm³/mol. The Bertz CT molecular complexity index is 2810. The van der Waals surface area contributed by atoms with E-state index in [4.69, 9.17) is 33.2 Å². The molecule has 0 bridgehead atoms. The van der Waals surface area contributed by atoms with Gasteiger partial charge in [-0.15, -0.1) is 0 Å². The molecule has 3 aliphatic carbocycles. The lowest BCUT2D eigenvalue weighted by Crippen LogP contribution is -2.48. The van der Waals surface area contributed by atoms with E-state index in [0.29, 0.717) is 23.8 Å². The molecule has 2 aromatic carbocycles. The van der Waals surface area contributed by atoms with E-state index in [1.807, 2.05) is 61.0 Å². The molecule has 2 atom stereocenters. The van der Waals surface area contributed by atoms with Crippen LogP contribution in [0.3, 0.4) is 0 Å². The molecule has 10 nitrogen and oxygen atoms in total.